The van der Waals surface area contributed by atoms with Gasteiger partial charge in [-0.05, 0) is 46.2 Å². The first-order chi connectivity index (χ1) is 6.87. The van der Waals surface area contributed by atoms with Gasteiger partial charge in [0.25, 0.3) is 0 Å². The molecule has 0 radical (unpaired) electrons. The quantitative estimate of drug-likeness (QED) is 0.742. The summed E-state index contributed by atoms with van der Waals surface area (Å²) in [5.41, 5.74) is 0. The zero-order valence-corrected chi connectivity index (χ0v) is 16.0. The highest BCUT2D eigenvalue weighted by Crippen LogP contribution is 2.23. The molecule has 0 spiro atoms. The monoisotopic (exact) mass is 280 g/mol. The highest BCUT2D eigenvalue weighted by Gasteiger charge is 2.37. The third kappa shape index (κ3) is 6.97. The second kappa shape index (κ2) is 5.45. The molecule has 0 amide bonds. The van der Waals surface area contributed by atoms with Gasteiger partial charge in [-0.15, -0.1) is 0 Å². The molecule has 0 heterocycles. The fourth-order valence-electron chi connectivity index (χ4n) is 1.68. The molecule has 0 bridgehead atoms. The third-order valence-electron chi connectivity index (χ3n) is 2.01. The van der Waals surface area contributed by atoms with Gasteiger partial charge in [-0.3, -0.25) is 0 Å². The lowest BCUT2D eigenvalue weighted by molar-refractivity contribution is -0.00943. The molecule has 0 aromatic heterocycles. The van der Waals surface area contributed by atoms with Gasteiger partial charge in [-0.1, -0.05) is 0 Å². The predicted octanol–water partition coefficient (Wildman–Crippen LogP) is 1.13. The summed E-state index contributed by atoms with van der Waals surface area (Å²) >= 11 is 0. The zero-order valence-electron chi connectivity index (χ0n) is 12.0. The Hall–Kier alpha value is 0.531. The van der Waals surface area contributed by atoms with E-state index in [9.17, 15) is 5.11 Å². The van der Waals surface area contributed by atoms with Gasteiger partial charge < -0.3 is 14.0 Å². The second-order valence-electron chi connectivity index (χ2n) is 6.72. The molecule has 3 nitrogen and oxygen atoms in total. The summed E-state index contributed by atoms with van der Waals surface area (Å²) in [6, 6.07) is 0. The SMILES string of the molecule is CC([SiH3])(O[Si](C)(C)C)C(CO)O[Si](C)(C)C. The van der Waals surface area contributed by atoms with E-state index in [1.54, 1.807) is 0 Å². The number of rotatable bonds is 6. The zero-order chi connectivity index (χ0) is 13.2. The van der Waals surface area contributed by atoms with E-state index in [1.165, 1.54) is 0 Å². The van der Waals surface area contributed by atoms with Gasteiger partial charge in [0.1, 0.15) is 0 Å². The van der Waals surface area contributed by atoms with Crippen LogP contribution in [0.2, 0.25) is 39.3 Å². The van der Waals surface area contributed by atoms with E-state index in [2.05, 4.69) is 46.2 Å². The van der Waals surface area contributed by atoms with E-state index in [1.807, 2.05) is 0 Å². The maximum absolute atomic E-state index is 9.48. The van der Waals surface area contributed by atoms with Crippen molar-refractivity contribution in [2.24, 2.45) is 0 Å². The van der Waals surface area contributed by atoms with Crippen molar-refractivity contribution in [1.29, 1.82) is 0 Å². The molecule has 6 heteroatoms. The van der Waals surface area contributed by atoms with Crippen LogP contribution in [0.5, 0.6) is 0 Å². The molecule has 0 rings (SSSR count). The summed E-state index contributed by atoms with van der Waals surface area (Å²) in [6.07, 6.45) is -0.169. The van der Waals surface area contributed by atoms with Crippen LogP contribution >= 0.6 is 0 Å². The van der Waals surface area contributed by atoms with Gasteiger partial charge >= 0.3 is 0 Å². The van der Waals surface area contributed by atoms with Crippen LogP contribution in [0.25, 0.3) is 0 Å². The van der Waals surface area contributed by atoms with Gasteiger partial charge in [-0.25, -0.2) is 0 Å². The maximum atomic E-state index is 9.48. The molecular weight excluding hydrogens is 252 g/mol. The molecule has 0 aliphatic carbocycles. The fraction of sp³-hybridized carbons (Fsp3) is 1.00. The molecule has 0 saturated heterocycles. The van der Waals surface area contributed by atoms with Crippen LogP contribution in [0.3, 0.4) is 0 Å². The van der Waals surface area contributed by atoms with E-state index in [0.29, 0.717) is 0 Å². The predicted molar refractivity (Wildman–Crippen MR) is 78.1 cm³/mol. The molecule has 0 aliphatic heterocycles. The Morgan fingerprint density at radius 1 is 1.12 bits per heavy atom. The van der Waals surface area contributed by atoms with Crippen molar-refractivity contribution in [2.45, 2.75) is 57.5 Å². The Labute approximate surface area is 105 Å². The Balaban J connectivity index is 4.67. The molecule has 0 aromatic carbocycles. The summed E-state index contributed by atoms with van der Waals surface area (Å²) in [5, 5.41) is 9.20. The molecule has 2 unspecified atom stereocenters. The topological polar surface area (TPSA) is 38.7 Å². The van der Waals surface area contributed by atoms with Gasteiger partial charge in [0, 0.05) is 10.2 Å². The molecule has 0 fully saturated rings. The average Bonchev–Trinajstić information content (AvgIpc) is 1.93. The van der Waals surface area contributed by atoms with Crippen LogP contribution in [-0.4, -0.2) is 49.9 Å². The largest absolute Gasteiger partial charge is 0.414 e. The molecular formula is C10H28O3Si3. The summed E-state index contributed by atoms with van der Waals surface area (Å²) in [7, 11) is -2.35. The Morgan fingerprint density at radius 2 is 1.56 bits per heavy atom. The molecule has 0 aliphatic rings. The number of hydrogen-bond donors (Lipinski definition) is 1. The average molecular weight is 281 g/mol. The standard InChI is InChI=1S/C10H28O3Si3/c1-10(14,13-16(5,6)7)9(8-11)12-15(2,3)4/h9,11H,8H2,1-7,14H3. The van der Waals surface area contributed by atoms with Crippen LogP contribution in [0, 0.1) is 0 Å². The van der Waals surface area contributed by atoms with Crippen LogP contribution in [0.15, 0.2) is 0 Å². The molecule has 0 saturated carbocycles. The minimum Gasteiger partial charge on any atom is -0.414 e. The van der Waals surface area contributed by atoms with E-state index in [-0.39, 0.29) is 17.9 Å². The van der Waals surface area contributed by atoms with Crippen molar-refractivity contribution in [3.8, 4) is 0 Å². The normalized spacial score (nSPS) is 19.5. The lowest BCUT2D eigenvalue weighted by atomic mass is 10.2. The van der Waals surface area contributed by atoms with Crippen LogP contribution in [0.4, 0.5) is 0 Å². The molecule has 2 atom stereocenters. The van der Waals surface area contributed by atoms with Crippen LogP contribution < -0.4 is 0 Å². The van der Waals surface area contributed by atoms with E-state index in [4.69, 9.17) is 8.85 Å². The van der Waals surface area contributed by atoms with Crippen molar-refractivity contribution < 1.29 is 14.0 Å². The number of aliphatic hydroxyl groups excluding tert-OH is 1. The Bertz CT molecular complexity index is 218. The van der Waals surface area contributed by atoms with Crippen molar-refractivity contribution in [3.63, 3.8) is 0 Å². The first kappa shape index (κ1) is 16.5. The molecule has 1 N–H and O–H groups in total. The smallest absolute Gasteiger partial charge is 0.184 e. The summed E-state index contributed by atoms with van der Waals surface area (Å²) in [6.45, 7) is 15.1. The van der Waals surface area contributed by atoms with Crippen LogP contribution in [0.1, 0.15) is 6.92 Å². The van der Waals surface area contributed by atoms with Crippen molar-refractivity contribution in [1.82, 2.24) is 0 Å². The lowest BCUT2D eigenvalue weighted by Gasteiger charge is -2.41. The highest BCUT2D eigenvalue weighted by atomic mass is 28.4. The minimum absolute atomic E-state index is 0.0503. The Kier molecular flexibility index (Phi) is 5.63. The maximum Gasteiger partial charge on any atom is 0.184 e. The van der Waals surface area contributed by atoms with Crippen molar-refractivity contribution in [2.75, 3.05) is 6.61 Å². The second-order valence-corrected chi connectivity index (χ2v) is 17.6. The van der Waals surface area contributed by atoms with E-state index >= 15 is 0 Å². The van der Waals surface area contributed by atoms with Crippen LogP contribution in [-0.2, 0) is 8.85 Å². The molecule has 16 heavy (non-hydrogen) atoms. The minimum atomic E-state index is -1.63. The number of aliphatic hydroxyl groups is 1. The summed E-state index contributed by atoms with van der Waals surface area (Å²) < 4.78 is 12.2. The highest BCUT2D eigenvalue weighted by molar-refractivity contribution is 6.70. The fourth-order valence-corrected chi connectivity index (χ4v) is 6.98. The van der Waals surface area contributed by atoms with Gasteiger partial charge in [0.15, 0.2) is 16.6 Å². The summed E-state index contributed by atoms with van der Waals surface area (Å²) in [4.78, 5) is 0. The summed E-state index contributed by atoms with van der Waals surface area (Å²) in [5.74, 6) is 0. The Morgan fingerprint density at radius 3 is 1.81 bits per heavy atom. The molecule has 98 valence electrons. The van der Waals surface area contributed by atoms with Gasteiger partial charge in [-0.2, -0.15) is 0 Å². The van der Waals surface area contributed by atoms with Gasteiger partial charge in [0.2, 0.25) is 0 Å². The first-order valence-electron chi connectivity index (χ1n) is 5.86. The van der Waals surface area contributed by atoms with Crippen molar-refractivity contribution >= 4 is 26.9 Å². The van der Waals surface area contributed by atoms with Crippen molar-refractivity contribution in [3.05, 3.63) is 0 Å². The lowest BCUT2D eigenvalue weighted by Crippen LogP contribution is -2.54. The number of hydrogen-bond acceptors (Lipinski definition) is 3. The van der Waals surface area contributed by atoms with E-state index in [0.717, 1.165) is 10.2 Å². The third-order valence-corrected chi connectivity index (χ3v) is 5.39. The van der Waals surface area contributed by atoms with E-state index < -0.39 is 16.6 Å². The molecule has 0 aromatic rings. The first-order valence-corrected chi connectivity index (χ1v) is 13.7. The van der Waals surface area contributed by atoms with Gasteiger partial charge in [0.05, 0.1) is 17.9 Å².